The summed E-state index contributed by atoms with van der Waals surface area (Å²) in [7, 11) is -4.03. The summed E-state index contributed by atoms with van der Waals surface area (Å²) in [6.07, 6.45) is 0.863. The van der Waals surface area contributed by atoms with Crippen molar-refractivity contribution in [1.29, 1.82) is 0 Å². The van der Waals surface area contributed by atoms with Gasteiger partial charge in [-0.2, -0.15) is 0 Å². The minimum absolute atomic E-state index is 0.0502. The van der Waals surface area contributed by atoms with Crippen LogP contribution in [0.25, 0.3) is 0 Å². The first-order valence-corrected chi connectivity index (χ1v) is 12.5. The molecule has 1 atom stereocenters. The number of amides is 2. The van der Waals surface area contributed by atoms with Crippen molar-refractivity contribution in [3.05, 3.63) is 65.2 Å². The van der Waals surface area contributed by atoms with Crippen molar-refractivity contribution in [2.45, 2.75) is 52.7 Å². The van der Waals surface area contributed by atoms with Crippen LogP contribution in [0.15, 0.2) is 42.5 Å². The monoisotopic (exact) mass is 495 g/mol. The summed E-state index contributed by atoms with van der Waals surface area (Å²) in [6.45, 7) is 8.21. The standard InChI is InChI=1S/C24H31F2N3O4S/c1-16-8-7-9-18(12-16)14-28(17(2)23(31)27-24(3,4)5)22(30)15-29(34(6,32)33)19-10-11-20(25)21(26)13-19/h7-13,17H,14-15H2,1-6H3,(H,27,31)/t17-/m0/s1. The number of aryl methyl sites for hydroxylation is 1. The Hall–Kier alpha value is -3.01. The first-order valence-electron chi connectivity index (χ1n) is 10.7. The third-order valence-corrected chi connectivity index (χ3v) is 6.11. The van der Waals surface area contributed by atoms with E-state index in [4.69, 9.17) is 0 Å². The smallest absolute Gasteiger partial charge is 0.244 e. The second-order valence-electron chi connectivity index (χ2n) is 9.29. The van der Waals surface area contributed by atoms with Crippen LogP contribution in [0, 0.1) is 18.6 Å². The summed E-state index contributed by atoms with van der Waals surface area (Å²) in [4.78, 5) is 27.5. The van der Waals surface area contributed by atoms with Crippen LogP contribution in [-0.2, 0) is 26.2 Å². The average Bonchev–Trinajstić information content (AvgIpc) is 2.69. The van der Waals surface area contributed by atoms with Crippen molar-refractivity contribution < 1.29 is 26.8 Å². The molecule has 0 saturated carbocycles. The second kappa shape index (κ2) is 10.5. The van der Waals surface area contributed by atoms with Crippen LogP contribution in [0.1, 0.15) is 38.8 Å². The molecule has 2 aromatic carbocycles. The molecule has 0 aliphatic heterocycles. The molecule has 0 aliphatic carbocycles. The number of sulfonamides is 1. The highest BCUT2D eigenvalue weighted by molar-refractivity contribution is 7.92. The fourth-order valence-electron chi connectivity index (χ4n) is 3.32. The highest BCUT2D eigenvalue weighted by Gasteiger charge is 2.31. The third kappa shape index (κ3) is 7.51. The van der Waals surface area contributed by atoms with Crippen LogP contribution in [-0.4, -0.2) is 49.5 Å². The maximum atomic E-state index is 13.8. The molecule has 1 N–H and O–H groups in total. The topological polar surface area (TPSA) is 86.8 Å². The highest BCUT2D eigenvalue weighted by Crippen LogP contribution is 2.22. The Kier molecular flexibility index (Phi) is 8.41. The fraction of sp³-hybridized carbons (Fsp3) is 0.417. The van der Waals surface area contributed by atoms with Crippen molar-refractivity contribution in [3.63, 3.8) is 0 Å². The van der Waals surface area contributed by atoms with Crippen LogP contribution in [0.5, 0.6) is 0 Å². The molecule has 0 saturated heterocycles. The van der Waals surface area contributed by atoms with E-state index in [0.29, 0.717) is 10.4 Å². The molecule has 2 amide bonds. The van der Waals surface area contributed by atoms with E-state index in [1.165, 1.54) is 4.90 Å². The molecule has 0 heterocycles. The van der Waals surface area contributed by atoms with Gasteiger partial charge < -0.3 is 10.2 Å². The summed E-state index contributed by atoms with van der Waals surface area (Å²) < 4.78 is 52.8. The summed E-state index contributed by atoms with van der Waals surface area (Å²) in [5.74, 6) is -3.47. The Morgan fingerprint density at radius 2 is 1.71 bits per heavy atom. The normalized spacial score (nSPS) is 12.7. The van der Waals surface area contributed by atoms with E-state index in [-0.39, 0.29) is 12.2 Å². The zero-order valence-electron chi connectivity index (χ0n) is 20.2. The number of anilines is 1. The molecule has 0 unspecified atom stereocenters. The lowest BCUT2D eigenvalue weighted by Gasteiger charge is -2.33. The Morgan fingerprint density at radius 3 is 2.24 bits per heavy atom. The van der Waals surface area contributed by atoms with Gasteiger partial charge in [-0.1, -0.05) is 29.8 Å². The first kappa shape index (κ1) is 27.2. The van der Waals surface area contributed by atoms with Crippen molar-refractivity contribution in [3.8, 4) is 0 Å². The van der Waals surface area contributed by atoms with Gasteiger partial charge in [-0.25, -0.2) is 17.2 Å². The molecule has 7 nitrogen and oxygen atoms in total. The number of nitrogens with one attached hydrogen (secondary N) is 1. The Labute approximate surface area is 199 Å². The predicted molar refractivity (Wildman–Crippen MR) is 128 cm³/mol. The van der Waals surface area contributed by atoms with Gasteiger partial charge in [0, 0.05) is 18.2 Å². The number of carbonyl (C=O) groups is 2. The molecule has 0 fully saturated rings. The quantitative estimate of drug-likeness (QED) is 0.608. The minimum Gasteiger partial charge on any atom is -0.350 e. The maximum absolute atomic E-state index is 13.8. The molecule has 2 aromatic rings. The average molecular weight is 496 g/mol. The Bertz CT molecular complexity index is 1160. The number of benzene rings is 2. The van der Waals surface area contributed by atoms with Crippen molar-refractivity contribution >= 4 is 27.5 Å². The van der Waals surface area contributed by atoms with Gasteiger partial charge in [0.25, 0.3) is 0 Å². The van der Waals surface area contributed by atoms with Crippen LogP contribution < -0.4 is 9.62 Å². The number of hydrogen-bond acceptors (Lipinski definition) is 4. The largest absolute Gasteiger partial charge is 0.350 e. The summed E-state index contributed by atoms with van der Waals surface area (Å²) in [6, 6.07) is 9.01. The lowest BCUT2D eigenvalue weighted by atomic mass is 10.1. The van der Waals surface area contributed by atoms with Crippen molar-refractivity contribution in [2.75, 3.05) is 17.1 Å². The van der Waals surface area contributed by atoms with E-state index in [1.54, 1.807) is 33.8 Å². The SMILES string of the molecule is Cc1cccc(CN(C(=O)CN(c2ccc(F)c(F)c2)S(C)(=O)=O)[C@@H](C)C(=O)NC(C)(C)C)c1. The van der Waals surface area contributed by atoms with Gasteiger partial charge in [0.2, 0.25) is 21.8 Å². The first-order chi connectivity index (χ1) is 15.6. The van der Waals surface area contributed by atoms with Gasteiger partial charge in [-0.15, -0.1) is 0 Å². The number of rotatable bonds is 8. The maximum Gasteiger partial charge on any atom is 0.244 e. The van der Waals surface area contributed by atoms with Gasteiger partial charge in [0.15, 0.2) is 11.6 Å². The molecular weight excluding hydrogens is 464 g/mol. The van der Waals surface area contributed by atoms with Gasteiger partial charge in [-0.05, 0) is 52.3 Å². The van der Waals surface area contributed by atoms with E-state index in [1.807, 2.05) is 25.1 Å². The van der Waals surface area contributed by atoms with E-state index in [9.17, 15) is 26.8 Å². The van der Waals surface area contributed by atoms with Crippen molar-refractivity contribution in [1.82, 2.24) is 10.2 Å². The number of halogens is 2. The molecule has 10 heteroatoms. The van der Waals surface area contributed by atoms with Gasteiger partial charge in [0.05, 0.1) is 11.9 Å². The highest BCUT2D eigenvalue weighted by atomic mass is 32.2. The summed E-state index contributed by atoms with van der Waals surface area (Å²) >= 11 is 0. The van der Waals surface area contributed by atoms with Crippen LogP contribution in [0.2, 0.25) is 0 Å². The predicted octanol–water partition coefficient (Wildman–Crippen LogP) is 3.37. The van der Waals surface area contributed by atoms with Crippen LogP contribution in [0.3, 0.4) is 0 Å². The second-order valence-corrected chi connectivity index (χ2v) is 11.2. The van der Waals surface area contributed by atoms with Gasteiger partial charge >= 0.3 is 0 Å². The molecule has 0 aromatic heterocycles. The molecule has 0 aliphatic rings. The molecule has 34 heavy (non-hydrogen) atoms. The lowest BCUT2D eigenvalue weighted by molar-refractivity contribution is -0.140. The number of carbonyl (C=O) groups excluding carboxylic acids is 2. The van der Waals surface area contributed by atoms with Gasteiger partial charge in [-0.3, -0.25) is 13.9 Å². The number of nitrogens with zero attached hydrogens (tertiary/aromatic N) is 2. The molecule has 0 spiro atoms. The third-order valence-electron chi connectivity index (χ3n) is 4.97. The zero-order chi connectivity index (χ0) is 25.8. The zero-order valence-corrected chi connectivity index (χ0v) is 21.0. The van der Waals surface area contributed by atoms with Crippen LogP contribution in [0.4, 0.5) is 14.5 Å². The molecule has 0 bridgehead atoms. The summed E-state index contributed by atoms with van der Waals surface area (Å²) in [5.41, 5.74) is 0.962. The molecule has 2 rings (SSSR count). The van der Waals surface area contributed by atoms with E-state index >= 15 is 0 Å². The molecular formula is C24H31F2N3O4S. The Balaban J connectivity index is 2.43. The van der Waals surface area contributed by atoms with E-state index < -0.39 is 51.6 Å². The number of hydrogen-bond donors (Lipinski definition) is 1. The minimum atomic E-state index is -4.03. The van der Waals surface area contributed by atoms with E-state index in [2.05, 4.69) is 5.32 Å². The van der Waals surface area contributed by atoms with E-state index in [0.717, 1.165) is 29.5 Å². The molecule has 186 valence electrons. The fourth-order valence-corrected chi connectivity index (χ4v) is 4.16. The van der Waals surface area contributed by atoms with Crippen LogP contribution >= 0.6 is 0 Å². The lowest BCUT2D eigenvalue weighted by Crippen LogP contribution is -2.54. The van der Waals surface area contributed by atoms with Crippen molar-refractivity contribution in [2.24, 2.45) is 0 Å². The van der Waals surface area contributed by atoms with Gasteiger partial charge in [0.1, 0.15) is 12.6 Å². The molecule has 0 radical (unpaired) electrons. The summed E-state index contributed by atoms with van der Waals surface area (Å²) in [5, 5.41) is 2.82. The Morgan fingerprint density at radius 1 is 1.06 bits per heavy atom.